The van der Waals surface area contributed by atoms with Gasteiger partial charge in [0.25, 0.3) is 0 Å². The Labute approximate surface area is 164 Å². The minimum atomic E-state index is -0.312. The molecule has 0 spiro atoms. The van der Waals surface area contributed by atoms with E-state index in [0.29, 0.717) is 6.61 Å². The smallest absolute Gasteiger partial charge is 0.311 e. The molecule has 0 fully saturated rings. The molecule has 0 aliphatic heterocycles. The van der Waals surface area contributed by atoms with Crippen LogP contribution < -0.4 is 6.15 Å². The highest BCUT2D eigenvalue weighted by Crippen LogP contribution is 2.26. The van der Waals surface area contributed by atoms with Gasteiger partial charge in [-0.15, -0.1) is 12.4 Å². The SMILES string of the molecule is CCCCCCCCCCCCCCC(C)(C)C(=O)OCCC.Cl.N. The second-order valence-corrected chi connectivity index (χ2v) is 7.66. The Kier molecular flexibility index (Phi) is 23.6. The zero-order valence-corrected chi connectivity index (χ0v) is 18.4. The highest BCUT2D eigenvalue weighted by molar-refractivity contribution is 5.85. The molecule has 0 heterocycles. The van der Waals surface area contributed by atoms with Crippen LogP contribution in [0.4, 0.5) is 0 Å². The van der Waals surface area contributed by atoms with Gasteiger partial charge in [-0.25, -0.2) is 0 Å². The second kappa shape index (κ2) is 20.0. The van der Waals surface area contributed by atoms with Gasteiger partial charge in [-0.3, -0.25) is 4.79 Å². The summed E-state index contributed by atoms with van der Waals surface area (Å²) in [4.78, 5) is 11.9. The van der Waals surface area contributed by atoms with Crippen LogP contribution in [-0.2, 0) is 9.53 Å². The summed E-state index contributed by atoms with van der Waals surface area (Å²) in [5.41, 5.74) is -0.312. The van der Waals surface area contributed by atoms with Crippen LogP contribution in [0.1, 0.15) is 118 Å². The van der Waals surface area contributed by atoms with E-state index in [1.54, 1.807) is 0 Å². The lowest BCUT2D eigenvalue weighted by atomic mass is 9.87. The molecule has 0 unspecified atom stereocenters. The molecule has 0 rings (SSSR count). The van der Waals surface area contributed by atoms with Gasteiger partial charge in [0.05, 0.1) is 12.0 Å². The van der Waals surface area contributed by atoms with Crippen molar-refractivity contribution in [3.63, 3.8) is 0 Å². The van der Waals surface area contributed by atoms with E-state index in [-0.39, 0.29) is 29.9 Å². The summed E-state index contributed by atoms with van der Waals surface area (Å²) in [6, 6.07) is 0. The molecule has 4 heteroatoms. The van der Waals surface area contributed by atoms with Crippen LogP contribution in [0.3, 0.4) is 0 Å². The van der Waals surface area contributed by atoms with Crippen LogP contribution in [0.25, 0.3) is 0 Å². The van der Waals surface area contributed by atoms with Gasteiger partial charge in [-0.2, -0.15) is 0 Å². The number of unbranched alkanes of at least 4 members (excludes halogenated alkanes) is 11. The molecule has 3 N–H and O–H groups in total. The maximum atomic E-state index is 11.9. The van der Waals surface area contributed by atoms with E-state index in [4.69, 9.17) is 4.74 Å². The van der Waals surface area contributed by atoms with E-state index in [1.807, 2.05) is 20.8 Å². The van der Waals surface area contributed by atoms with Crippen LogP contribution in [-0.4, -0.2) is 12.6 Å². The molecule has 0 aromatic heterocycles. The standard InChI is InChI=1S/C21H42O2.ClH.H3N/c1-5-7-8-9-10-11-12-13-14-15-16-17-18-21(3,4)20(22)23-19-6-2;;/h5-19H2,1-4H3;1H;1H3. The van der Waals surface area contributed by atoms with Crippen LogP contribution >= 0.6 is 12.4 Å². The largest absolute Gasteiger partial charge is 0.465 e. The number of hydrogen-bond acceptors (Lipinski definition) is 3. The Balaban J connectivity index is -0.00000242. The molecule has 0 saturated heterocycles. The summed E-state index contributed by atoms with van der Waals surface area (Å²) in [7, 11) is 0. The summed E-state index contributed by atoms with van der Waals surface area (Å²) < 4.78 is 5.27. The molecule has 0 amide bonds. The van der Waals surface area contributed by atoms with Crippen molar-refractivity contribution in [2.24, 2.45) is 5.41 Å². The Bertz CT molecular complexity index is 283. The predicted octanol–water partition coefficient (Wildman–Crippen LogP) is 7.64. The zero-order chi connectivity index (χ0) is 17.4. The predicted molar refractivity (Wildman–Crippen MR) is 113 cm³/mol. The van der Waals surface area contributed by atoms with Gasteiger partial charge in [-0.05, 0) is 26.7 Å². The molecule has 0 aliphatic rings. The third kappa shape index (κ3) is 18.3. The molecule has 0 aliphatic carbocycles. The van der Waals surface area contributed by atoms with Crippen molar-refractivity contribution >= 4 is 18.4 Å². The maximum absolute atomic E-state index is 11.9. The van der Waals surface area contributed by atoms with Crippen molar-refractivity contribution in [1.82, 2.24) is 6.15 Å². The van der Waals surface area contributed by atoms with E-state index in [2.05, 4.69) is 6.92 Å². The summed E-state index contributed by atoms with van der Waals surface area (Å²) in [6.45, 7) is 8.90. The fourth-order valence-electron chi connectivity index (χ4n) is 2.90. The third-order valence-electron chi connectivity index (χ3n) is 4.65. The molecule has 25 heavy (non-hydrogen) atoms. The van der Waals surface area contributed by atoms with Gasteiger partial charge in [0.2, 0.25) is 0 Å². The molecule has 0 aromatic carbocycles. The number of esters is 1. The first kappa shape index (κ1) is 29.5. The number of carbonyl (C=O) groups excluding carboxylic acids is 1. The molecule has 0 atom stereocenters. The molecule has 0 saturated carbocycles. The Hall–Kier alpha value is -0.280. The molecule has 0 bridgehead atoms. The Morgan fingerprint density at radius 2 is 1.12 bits per heavy atom. The van der Waals surface area contributed by atoms with E-state index in [0.717, 1.165) is 19.3 Å². The van der Waals surface area contributed by atoms with E-state index < -0.39 is 0 Å². The summed E-state index contributed by atoms with van der Waals surface area (Å²) in [6.07, 6.45) is 18.1. The van der Waals surface area contributed by atoms with Gasteiger partial charge in [0.15, 0.2) is 0 Å². The molecule has 0 aromatic rings. The van der Waals surface area contributed by atoms with Crippen LogP contribution in [0.5, 0.6) is 0 Å². The third-order valence-corrected chi connectivity index (χ3v) is 4.65. The van der Waals surface area contributed by atoms with Gasteiger partial charge < -0.3 is 10.9 Å². The highest BCUT2D eigenvalue weighted by atomic mass is 35.5. The van der Waals surface area contributed by atoms with Crippen molar-refractivity contribution in [2.75, 3.05) is 6.61 Å². The van der Waals surface area contributed by atoms with E-state index in [9.17, 15) is 4.79 Å². The molecular formula is C21H46ClNO2. The summed E-state index contributed by atoms with van der Waals surface area (Å²) >= 11 is 0. The fourth-order valence-corrected chi connectivity index (χ4v) is 2.90. The maximum Gasteiger partial charge on any atom is 0.311 e. The van der Waals surface area contributed by atoms with Gasteiger partial charge in [-0.1, -0.05) is 90.9 Å². The van der Waals surface area contributed by atoms with Crippen molar-refractivity contribution < 1.29 is 9.53 Å². The number of rotatable bonds is 16. The fraction of sp³-hybridized carbons (Fsp3) is 0.952. The van der Waals surface area contributed by atoms with Crippen molar-refractivity contribution in [3.05, 3.63) is 0 Å². The Morgan fingerprint density at radius 3 is 1.52 bits per heavy atom. The lowest BCUT2D eigenvalue weighted by Crippen LogP contribution is -2.26. The number of carbonyl (C=O) groups is 1. The minimum Gasteiger partial charge on any atom is -0.465 e. The van der Waals surface area contributed by atoms with Crippen molar-refractivity contribution in [3.8, 4) is 0 Å². The average molecular weight is 380 g/mol. The monoisotopic (exact) mass is 379 g/mol. The lowest BCUT2D eigenvalue weighted by molar-refractivity contribution is -0.154. The van der Waals surface area contributed by atoms with Crippen molar-refractivity contribution in [2.45, 2.75) is 118 Å². The zero-order valence-electron chi connectivity index (χ0n) is 17.5. The number of ether oxygens (including phenoxy) is 1. The second-order valence-electron chi connectivity index (χ2n) is 7.66. The Morgan fingerprint density at radius 1 is 0.720 bits per heavy atom. The minimum absolute atomic E-state index is 0. The van der Waals surface area contributed by atoms with Crippen molar-refractivity contribution in [1.29, 1.82) is 0 Å². The topological polar surface area (TPSA) is 61.3 Å². The summed E-state index contributed by atoms with van der Waals surface area (Å²) in [5, 5.41) is 0. The van der Waals surface area contributed by atoms with Gasteiger partial charge in [0.1, 0.15) is 0 Å². The highest BCUT2D eigenvalue weighted by Gasteiger charge is 2.28. The molecule has 3 nitrogen and oxygen atoms in total. The first-order chi connectivity index (χ1) is 11.0. The van der Waals surface area contributed by atoms with Crippen LogP contribution in [0.2, 0.25) is 0 Å². The van der Waals surface area contributed by atoms with E-state index >= 15 is 0 Å². The van der Waals surface area contributed by atoms with Gasteiger partial charge >= 0.3 is 5.97 Å². The van der Waals surface area contributed by atoms with E-state index in [1.165, 1.54) is 70.6 Å². The molecule has 154 valence electrons. The van der Waals surface area contributed by atoms with Crippen LogP contribution in [0, 0.1) is 5.41 Å². The number of halogens is 1. The normalized spacial score (nSPS) is 10.7. The molecular weight excluding hydrogens is 334 g/mol. The lowest BCUT2D eigenvalue weighted by Gasteiger charge is -2.22. The average Bonchev–Trinajstić information content (AvgIpc) is 2.53. The van der Waals surface area contributed by atoms with Crippen LogP contribution in [0.15, 0.2) is 0 Å². The summed E-state index contributed by atoms with van der Waals surface area (Å²) in [5.74, 6) is -0.0255. The first-order valence-corrected chi connectivity index (χ1v) is 10.2. The van der Waals surface area contributed by atoms with Gasteiger partial charge in [0, 0.05) is 0 Å². The molecule has 0 radical (unpaired) electrons. The first-order valence-electron chi connectivity index (χ1n) is 10.2. The number of hydrogen-bond donors (Lipinski definition) is 1. The quantitative estimate of drug-likeness (QED) is 0.221.